The molecule has 8 nitrogen and oxygen atoms in total. The van der Waals surface area contributed by atoms with Crippen molar-refractivity contribution in [1.82, 2.24) is 9.71 Å². The second-order valence-electron chi connectivity index (χ2n) is 3.02. The number of rotatable bonds is 5. The number of carbonyl (C=O) groups excluding carboxylic acids is 2. The largest absolute Gasteiger partial charge is 0.449 e. The SMILES string of the molecule is CCOC(=O)NS(=O)(=O)Nc1nc(C(C)=O)cs1. The van der Waals surface area contributed by atoms with Gasteiger partial charge in [0, 0.05) is 12.3 Å². The molecule has 1 amide bonds. The molecule has 0 aliphatic rings. The monoisotopic (exact) mass is 293 g/mol. The van der Waals surface area contributed by atoms with E-state index in [0.717, 1.165) is 11.3 Å². The van der Waals surface area contributed by atoms with Crippen LogP contribution in [0.15, 0.2) is 5.38 Å². The maximum Gasteiger partial charge on any atom is 0.422 e. The normalized spacial score (nSPS) is 10.8. The number of thiazole rings is 1. The minimum atomic E-state index is -4.11. The molecule has 0 saturated carbocycles. The van der Waals surface area contributed by atoms with Crippen LogP contribution in [0.1, 0.15) is 24.3 Å². The summed E-state index contributed by atoms with van der Waals surface area (Å²) in [7, 11) is -4.11. The van der Waals surface area contributed by atoms with Gasteiger partial charge < -0.3 is 4.74 Å². The van der Waals surface area contributed by atoms with Crippen LogP contribution in [0.25, 0.3) is 0 Å². The van der Waals surface area contributed by atoms with Crippen LogP contribution < -0.4 is 9.44 Å². The van der Waals surface area contributed by atoms with Gasteiger partial charge in [0.25, 0.3) is 0 Å². The van der Waals surface area contributed by atoms with Crippen LogP contribution in [0.3, 0.4) is 0 Å². The Morgan fingerprint density at radius 3 is 2.67 bits per heavy atom. The molecule has 0 fully saturated rings. The molecular formula is C8H11N3O5S2. The van der Waals surface area contributed by atoms with Crippen LogP contribution in [-0.2, 0) is 14.9 Å². The molecule has 0 bridgehead atoms. The third-order valence-electron chi connectivity index (χ3n) is 1.58. The zero-order valence-corrected chi connectivity index (χ0v) is 11.2. The molecule has 10 heteroatoms. The van der Waals surface area contributed by atoms with E-state index in [4.69, 9.17) is 0 Å². The quantitative estimate of drug-likeness (QED) is 0.774. The Morgan fingerprint density at radius 2 is 2.17 bits per heavy atom. The summed E-state index contributed by atoms with van der Waals surface area (Å²) in [6, 6.07) is 0. The van der Waals surface area contributed by atoms with Crippen molar-refractivity contribution in [3.8, 4) is 0 Å². The highest BCUT2D eigenvalue weighted by molar-refractivity contribution is 7.91. The predicted molar refractivity (Wildman–Crippen MR) is 64.8 cm³/mol. The Kier molecular flexibility index (Phi) is 4.62. The molecule has 0 radical (unpaired) electrons. The van der Waals surface area contributed by atoms with E-state index in [-0.39, 0.29) is 23.2 Å². The summed E-state index contributed by atoms with van der Waals surface area (Å²) in [5, 5.41) is 1.39. The number of anilines is 1. The van der Waals surface area contributed by atoms with Gasteiger partial charge >= 0.3 is 16.3 Å². The molecule has 0 aliphatic carbocycles. The molecule has 0 spiro atoms. The molecule has 0 unspecified atom stereocenters. The van der Waals surface area contributed by atoms with Gasteiger partial charge in [0.15, 0.2) is 10.9 Å². The summed E-state index contributed by atoms with van der Waals surface area (Å²) in [4.78, 5) is 25.6. The van der Waals surface area contributed by atoms with Gasteiger partial charge in [0.1, 0.15) is 5.69 Å². The van der Waals surface area contributed by atoms with E-state index < -0.39 is 16.3 Å². The highest BCUT2D eigenvalue weighted by Gasteiger charge is 2.17. The summed E-state index contributed by atoms with van der Waals surface area (Å²) in [6.45, 7) is 2.90. The number of hydrogen-bond donors (Lipinski definition) is 2. The van der Waals surface area contributed by atoms with Crippen molar-refractivity contribution in [3.05, 3.63) is 11.1 Å². The number of hydrogen-bond acceptors (Lipinski definition) is 7. The van der Waals surface area contributed by atoms with Gasteiger partial charge in [0.05, 0.1) is 6.61 Å². The lowest BCUT2D eigenvalue weighted by atomic mass is 10.4. The number of nitrogens with one attached hydrogen (secondary N) is 2. The molecule has 2 N–H and O–H groups in total. The predicted octanol–water partition coefficient (Wildman–Crippen LogP) is 0.748. The van der Waals surface area contributed by atoms with E-state index in [2.05, 4.69) is 9.72 Å². The molecule has 0 aliphatic heterocycles. The minimum Gasteiger partial charge on any atom is -0.449 e. The number of nitrogens with zero attached hydrogens (tertiary/aromatic N) is 1. The molecule has 18 heavy (non-hydrogen) atoms. The standard InChI is InChI=1S/C8H11N3O5S2/c1-3-16-8(13)11-18(14,15)10-7-9-6(4-17-7)5(2)12/h4H,3H2,1-2H3,(H,9,10)(H,11,13). The number of aromatic nitrogens is 1. The molecular weight excluding hydrogens is 282 g/mol. The van der Waals surface area contributed by atoms with E-state index in [1.807, 2.05) is 4.72 Å². The van der Waals surface area contributed by atoms with Gasteiger partial charge in [-0.15, -0.1) is 11.3 Å². The topological polar surface area (TPSA) is 114 Å². The lowest BCUT2D eigenvalue weighted by Crippen LogP contribution is -2.35. The Labute approximate surface area is 108 Å². The van der Waals surface area contributed by atoms with Crippen LogP contribution in [0, 0.1) is 0 Å². The Balaban J connectivity index is 2.70. The van der Waals surface area contributed by atoms with Crippen molar-refractivity contribution >= 4 is 38.6 Å². The molecule has 1 rings (SSSR count). The number of ketones is 1. The number of carbonyl (C=O) groups is 2. The fourth-order valence-corrected chi connectivity index (χ4v) is 2.61. The molecule has 1 aromatic heterocycles. The van der Waals surface area contributed by atoms with E-state index >= 15 is 0 Å². The third-order valence-corrected chi connectivity index (χ3v) is 3.36. The van der Waals surface area contributed by atoms with E-state index in [9.17, 15) is 18.0 Å². The summed E-state index contributed by atoms with van der Waals surface area (Å²) < 4.78 is 30.9. The minimum absolute atomic E-state index is 0.0167. The van der Waals surface area contributed by atoms with Crippen LogP contribution in [-0.4, -0.2) is 31.9 Å². The highest BCUT2D eigenvalue weighted by Crippen LogP contribution is 2.16. The van der Waals surface area contributed by atoms with Crippen molar-refractivity contribution in [2.45, 2.75) is 13.8 Å². The van der Waals surface area contributed by atoms with Crippen LogP contribution in [0.2, 0.25) is 0 Å². The molecule has 100 valence electrons. The number of Topliss-reactive ketones (excluding diaryl/α,β-unsaturated/α-hetero) is 1. The third kappa shape index (κ3) is 4.30. The van der Waals surface area contributed by atoms with E-state index in [0.29, 0.717) is 0 Å². The van der Waals surface area contributed by atoms with Crippen molar-refractivity contribution in [2.75, 3.05) is 11.3 Å². The van der Waals surface area contributed by atoms with Crippen LogP contribution >= 0.6 is 11.3 Å². The van der Waals surface area contributed by atoms with Gasteiger partial charge in [-0.2, -0.15) is 8.42 Å². The summed E-state index contributed by atoms with van der Waals surface area (Å²) in [5.41, 5.74) is 0.147. The first-order valence-corrected chi connectivity index (χ1v) is 7.14. The van der Waals surface area contributed by atoms with Gasteiger partial charge in [-0.25, -0.2) is 19.2 Å². The lowest BCUT2D eigenvalue weighted by Gasteiger charge is -2.06. The smallest absolute Gasteiger partial charge is 0.422 e. The van der Waals surface area contributed by atoms with Crippen LogP contribution in [0.4, 0.5) is 9.93 Å². The molecule has 0 atom stereocenters. The van der Waals surface area contributed by atoms with E-state index in [1.165, 1.54) is 12.3 Å². The lowest BCUT2D eigenvalue weighted by molar-refractivity contribution is 0.101. The Hall–Kier alpha value is -1.68. The molecule has 1 heterocycles. The first-order valence-electron chi connectivity index (χ1n) is 4.78. The summed E-state index contributed by atoms with van der Waals surface area (Å²) in [6.07, 6.45) is -1.09. The maximum absolute atomic E-state index is 11.4. The fraction of sp³-hybridized carbons (Fsp3) is 0.375. The van der Waals surface area contributed by atoms with Gasteiger partial charge in [0.2, 0.25) is 0 Å². The average molecular weight is 293 g/mol. The zero-order valence-electron chi connectivity index (χ0n) is 9.59. The molecule has 0 saturated heterocycles. The number of ether oxygens (including phenoxy) is 1. The summed E-state index contributed by atoms with van der Waals surface area (Å²) >= 11 is 0.931. The molecule has 1 aromatic rings. The van der Waals surface area contributed by atoms with Crippen molar-refractivity contribution in [3.63, 3.8) is 0 Å². The van der Waals surface area contributed by atoms with Crippen molar-refractivity contribution < 1.29 is 22.7 Å². The van der Waals surface area contributed by atoms with Gasteiger partial charge in [-0.05, 0) is 6.92 Å². The first kappa shape index (κ1) is 14.4. The maximum atomic E-state index is 11.4. The second-order valence-corrected chi connectivity index (χ2v) is 5.30. The highest BCUT2D eigenvalue weighted by atomic mass is 32.2. The first-order chi connectivity index (χ1) is 8.34. The second kappa shape index (κ2) is 5.78. The number of amides is 1. The zero-order chi connectivity index (χ0) is 13.8. The fourth-order valence-electron chi connectivity index (χ4n) is 0.893. The van der Waals surface area contributed by atoms with Gasteiger partial charge in [-0.1, -0.05) is 0 Å². The van der Waals surface area contributed by atoms with E-state index in [1.54, 1.807) is 11.6 Å². The Morgan fingerprint density at radius 1 is 1.50 bits per heavy atom. The summed E-state index contributed by atoms with van der Waals surface area (Å²) in [5.74, 6) is -0.282. The van der Waals surface area contributed by atoms with Crippen molar-refractivity contribution in [2.24, 2.45) is 0 Å². The molecule has 0 aromatic carbocycles. The van der Waals surface area contributed by atoms with Gasteiger partial charge in [-0.3, -0.25) is 4.79 Å². The Bertz CT molecular complexity index is 551. The average Bonchev–Trinajstić information content (AvgIpc) is 2.64. The van der Waals surface area contributed by atoms with Crippen LogP contribution in [0.5, 0.6) is 0 Å². The van der Waals surface area contributed by atoms with Crippen molar-refractivity contribution in [1.29, 1.82) is 0 Å².